The van der Waals surface area contributed by atoms with Gasteiger partial charge in [0.2, 0.25) is 0 Å². The Morgan fingerprint density at radius 3 is 2.23 bits per heavy atom. The van der Waals surface area contributed by atoms with E-state index in [1.165, 1.54) is 44.9 Å². The number of hydrogen-bond acceptors (Lipinski definition) is 5. The Morgan fingerprint density at radius 1 is 1.08 bits per heavy atom. The number of hydrogen-bond donors (Lipinski definition) is 2. The maximum Gasteiger partial charge on any atom is 0.314 e. The molecule has 0 aliphatic carbocycles. The second-order valence-electron chi connectivity index (χ2n) is 6.18. The summed E-state index contributed by atoms with van der Waals surface area (Å²) in [7, 11) is 1.00. The van der Waals surface area contributed by atoms with Crippen LogP contribution in [0, 0.1) is 5.92 Å². The van der Waals surface area contributed by atoms with Gasteiger partial charge >= 0.3 is 5.97 Å². The lowest BCUT2D eigenvalue weighted by Gasteiger charge is -2.04. The van der Waals surface area contributed by atoms with Crippen LogP contribution < -0.4 is 0 Å². The lowest BCUT2D eigenvalue weighted by Crippen LogP contribution is -2.17. The van der Waals surface area contributed by atoms with Crippen LogP contribution in [0.25, 0.3) is 0 Å². The number of aliphatic hydroxyl groups is 1. The molecule has 6 heteroatoms. The molecular weight excluding hydrogens is 336 g/mol. The number of aldehydes is 1. The minimum atomic E-state index is -1.13. The average Bonchev–Trinajstić information content (AvgIpc) is 3.10. The van der Waals surface area contributed by atoms with Crippen LogP contribution in [-0.4, -0.2) is 36.2 Å². The minimum absolute atomic E-state index is 0.0802. The van der Waals surface area contributed by atoms with Gasteiger partial charge in [-0.1, -0.05) is 51.9 Å². The first-order valence-electron chi connectivity index (χ1n) is 9.45. The van der Waals surface area contributed by atoms with Crippen molar-refractivity contribution in [2.45, 2.75) is 71.3 Å². The molecular formula is C20H34O6. The van der Waals surface area contributed by atoms with Gasteiger partial charge in [-0.2, -0.15) is 0 Å². The summed E-state index contributed by atoms with van der Waals surface area (Å²) in [5, 5.41) is 15.8. The molecule has 0 aliphatic rings. The average molecular weight is 370 g/mol. The van der Waals surface area contributed by atoms with E-state index in [4.69, 9.17) is 19.4 Å². The Kier molecular flexibility index (Phi) is 15.7. The fourth-order valence-electron chi connectivity index (χ4n) is 2.53. The summed E-state index contributed by atoms with van der Waals surface area (Å²) in [6.45, 7) is 3.32. The molecule has 1 heterocycles. The maximum atomic E-state index is 10.8. The number of carbonyl (C=O) groups excluding carboxylic acids is 1. The van der Waals surface area contributed by atoms with E-state index in [1.54, 1.807) is 12.1 Å². The molecule has 0 amide bonds. The van der Waals surface area contributed by atoms with Crippen molar-refractivity contribution in [3.63, 3.8) is 0 Å². The zero-order chi connectivity index (χ0) is 19.6. The zero-order valence-electron chi connectivity index (χ0n) is 16.1. The molecule has 1 atom stereocenters. The highest BCUT2D eigenvalue weighted by Gasteiger charge is 2.18. The second kappa shape index (κ2) is 16.8. The Balaban J connectivity index is 0.00000301. The molecule has 0 aliphatic heterocycles. The normalized spacial score (nSPS) is 11.5. The van der Waals surface area contributed by atoms with E-state index in [9.17, 15) is 9.59 Å². The molecule has 2 N–H and O–H groups in total. The highest BCUT2D eigenvalue weighted by molar-refractivity contribution is 5.86. The number of furan rings is 1. The number of ether oxygens (including phenoxy) is 1. The fraction of sp³-hybridized carbons (Fsp3) is 0.700. The van der Waals surface area contributed by atoms with Crippen LogP contribution >= 0.6 is 0 Å². The molecule has 6 nitrogen and oxygen atoms in total. The molecule has 0 bridgehead atoms. The van der Waals surface area contributed by atoms with Gasteiger partial charge < -0.3 is 24.2 Å². The van der Waals surface area contributed by atoms with E-state index in [2.05, 4.69) is 6.92 Å². The zero-order valence-corrected chi connectivity index (χ0v) is 16.1. The standard InChI is InChI=1S/C19H30O5.CH4O/c1-2-3-4-5-6-7-8-9-12-23-15-18-11-10-17(24-18)13-16(14-20)19(21)22;1-2/h10-11,14,16H,2-9,12-13,15H2,1H3,(H,21,22);2H,1H3. The van der Waals surface area contributed by atoms with Gasteiger partial charge in [-0.3, -0.25) is 4.79 Å². The third-order valence-electron chi connectivity index (χ3n) is 4.01. The van der Waals surface area contributed by atoms with E-state index >= 15 is 0 Å². The maximum absolute atomic E-state index is 10.8. The molecule has 1 aromatic rings. The monoisotopic (exact) mass is 370 g/mol. The molecule has 0 aromatic carbocycles. The molecule has 1 unspecified atom stereocenters. The van der Waals surface area contributed by atoms with Gasteiger partial charge in [-0.25, -0.2) is 0 Å². The predicted molar refractivity (Wildman–Crippen MR) is 100 cm³/mol. The Labute approximate surface area is 156 Å². The number of carbonyl (C=O) groups is 2. The van der Waals surface area contributed by atoms with E-state index in [0.717, 1.165) is 13.5 Å². The lowest BCUT2D eigenvalue weighted by atomic mass is 10.1. The molecule has 26 heavy (non-hydrogen) atoms. The quantitative estimate of drug-likeness (QED) is 0.275. The van der Waals surface area contributed by atoms with Gasteiger partial charge in [0.1, 0.15) is 30.3 Å². The lowest BCUT2D eigenvalue weighted by molar-refractivity contribution is -0.143. The van der Waals surface area contributed by atoms with Crippen molar-refractivity contribution in [3.8, 4) is 0 Å². The van der Waals surface area contributed by atoms with Crippen LogP contribution in [0.2, 0.25) is 0 Å². The van der Waals surface area contributed by atoms with Crippen LogP contribution in [0.3, 0.4) is 0 Å². The Morgan fingerprint density at radius 2 is 1.65 bits per heavy atom. The van der Waals surface area contributed by atoms with Crippen LogP contribution in [0.5, 0.6) is 0 Å². The van der Waals surface area contributed by atoms with Crippen molar-refractivity contribution in [1.82, 2.24) is 0 Å². The topological polar surface area (TPSA) is 97.0 Å². The summed E-state index contributed by atoms with van der Waals surface area (Å²) < 4.78 is 11.1. The number of rotatable bonds is 15. The van der Waals surface area contributed by atoms with Crippen LogP contribution in [0.4, 0.5) is 0 Å². The van der Waals surface area contributed by atoms with Gasteiger partial charge in [0.05, 0.1) is 0 Å². The molecule has 0 spiro atoms. The second-order valence-corrected chi connectivity index (χ2v) is 6.18. The van der Waals surface area contributed by atoms with Crippen LogP contribution in [0.15, 0.2) is 16.5 Å². The van der Waals surface area contributed by atoms with Gasteiger partial charge in [-0.15, -0.1) is 0 Å². The summed E-state index contributed by atoms with van der Waals surface area (Å²) >= 11 is 0. The van der Waals surface area contributed by atoms with Crippen molar-refractivity contribution in [2.75, 3.05) is 13.7 Å². The Hall–Kier alpha value is -1.66. The summed E-state index contributed by atoms with van der Waals surface area (Å²) in [6, 6.07) is 3.47. The number of aliphatic hydroxyl groups excluding tert-OH is 1. The molecule has 150 valence electrons. The summed E-state index contributed by atoms with van der Waals surface area (Å²) in [6.07, 6.45) is 10.6. The Bertz CT molecular complexity index is 469. The highest BCUT2D eigenvalue weighted by atomic mass is 16.5. The number of aliphatic carboxylic acids is 1. The van der Waals surface area contributed by atoms with Crippen molar-refractivity contribution in [1.29, 1.82) is 0 Å². The number of carboxylic acids is 1. The molecule has 1 rings (SSSR count). The fourth-order valence-corrected chi connectivity index (χ4v) is 2.53. The third kappa shape index (κ3) is 11.8. The largest absolute Gasteiger partial charge is 0.481 e. The van der Waals surface area contributed by atoms with Gasteiger partial charge in [0.25, 0.3) is 0 Å². The number of carboxylic acid groups (broad SMARTS) is 1. The van der Waals surface area contributed by atoms with Crippen molar-refractivity contribution >= 4 is 12.3 Å². The first-order chi connectivity index (χ1) is 12.7. The third-order valence-corrected chi connectivity index (χ3v) is 4.01. The first kappa shape index (κ1) is 24.3. The summed E-state index contributed by atoms with van der Waals surface area (Å²) in [5.74, 6) is -1.02. The van der Waals surface area contributed by atoms with Gasteiger partial charge in [0.15, 0.2) is 0 Å². The SMILES string of the molecule is CCCCCCCCCCOCc1ccc(CC(C=O)C(=O)O)o1.CO. The molecule has 0 fully saturated rings. The van der Waals surface area contributed by atoms with E-state index in [-0.39, 0.29) is 6.42 Å². The van der Waals surface area contributed by atoms with Gasteiger partial charge in [-0.05, 0) is 18.6 Å². The van der Waals surface area contributed by atoms with E-state index in [1.807, 2.05) is 0 Å². The smallest absolute Gasteiger partial charge is 0.314 e. The molecule has 1 aromatic heterocycles. The van der Waals surface area contributed by atoms with Crippen molar-refractivity contribution in [2.24, 2.45) is 5.92 Å². The molecule has 0 saturated carbocycles. The van der Waals surface area contributed by atoms with Crippen LogP contribution in [0.1, 0.15) is 69.8 Å². The van der Waals surface area contributed by atoms with E-state index in [0.29, 0.717) is 31.0 Å². The summed E-state index contributed by atoms with van der Waals surface area (Å²) in [4.78, 5) is 21.5. The predicted octanol–water partition coefficient (Wildman–Crippen LogP) is 3.99. The van der Waals surface area contributed by atoms with Crippen LogP contribution in [-0.2, 0) is 27.4 Å². The first-order valence-corrected chi connectivity index (χ1v) is 9.45. The van der Waals surface area contributed by atoms with Crippen molar-refractivity contribution < 1.29 is 29.0 Å². The number of unbranched alkanes of at least 4 members (excludes halogenated alkanes) is 7. The highest BCUT2D eigenvalue weighted by Crippen LogP contribution is 2.14. The molecule has 0 saturated heterocycles. The summed E-state index contributed by atoms with van der Waals surface area (Å²) in [5.41, 5.74) is 0. The van der Waals surface area contributed by atoms with Crippen molar-refractivity contribution in [3.05, 3.63) is 23.7 Å². The minimum Gasteiger partial charge on any atom is -0.481 e. The molecule has 0 radical (unpaired) electrons. The van der Waals surface area contributed by atoms with E-state index < -0.39 is 11.9 Å². The van der Waals surface area contributed by atoms with Gasteiger partial charge in [0, 0.05) is 20.1 Å².